The van der Waals surface area contributed by atoms with Crippen molar-refractivity contribution in [1.29, 1.82) is 0 Å². The second kappa shape index (κ2) is 9.38. The van der Waals surface area contributed by atoms with Gasteiger partial charge in [-0.1, -0.05) is 6.92 Å². The molecular weight excluding hydrogens is 290 g/mol. The molecule has 0 bridgehead atoms. The first-order valence-corrected chi connectivity index (χ1v) is 9.71. The van der Waals surface area contributed by atoms with Gasteiger partial charge in [0.15, 0.2) is 0 Å². The molecule has 0 spiro atoms. The van der Waals surface area contributed by atoms with E-state index in [9.17, 15) is 13.2 Å². The van der Waals surface area contributed by atoms with Crippen LogP contribution in [0.1, 0.15) is 39.0 Å². The number of piperidine rings is 1. The first-order chi connectivity index (χ1) is 9.93. The number of amides is 1. The SMILES string of the molecule is CCN(CCCNC(=O)CCC1CCNCC1)S(C)(=O)=O. The smallest absolute Gasteiger partial charge is 0.220 e. The molecule has 1 fully saturated rings. The van der Waals surface area contributed by atoms with Crippen molar-refractivity contribution in [2.75, 3.05) is 39.0 Å². The monoisotopic (exact) mass is 319 g/mol. The van der Waals surface area contributed by atoms with E-state index in [2.05, 4.69) is 10.6 Å². The van der Waals surface area contributed by atoms with Gasteiger partial charge in [0.25, 0.3) is 0 Å². The molecule has 0 saturated carbocycles. The Morgan fingerprint density at radius 2 is 2.00 bits per heavy atom. The Morgan fingerprint density at radius 1 is 1.33 bits per heavy atom. The Morgan fingerprint density at radius 3 is 2.57 bits per heavy atom. The number of hydrogen-bond acceptors (Lipinski definition) is 4. The average molecular weight is 319 g/mol. The molecule has 21 heavy (non-hydrogen) atoms. The predicted molar refractivity (Wildman–Crippen MR) is 84.5 cm³/mol. The summed E-state index contributed by atoms with van der Waals surface area (Å²) < 4.78 is 24.2. The first-order valence-electron chi connectivity index (χ1n) is 7.86. The molecule has 124 valence electrons. The van der Waals surface area contributed by atoms with E-state index in [0.29, 0.717) is 38.4 Å². The number of carbonyl (C=O) groups excluding carboxylic acids is 1. The number of hydrogen-bond donors (Lipinski definition) is 2. The van der Waals surface area contributed by atoms with E-state index in [1.54, 1.807) is 0 Å². The van der Waals surface area contributed by atoms with E-state index in [1.807, 2.05) is 6.92 Å². The average Bonchev–Trinajstić information content (AvgIpc) is 2.45. The molecule has 0 aromatic carbocycles. The third-order valence-electron chi connectivity index (χ3n) is 3.97. The van der Waals surface area contributed by atoms with Crippen LogP contribution in [-0.2, 0) is 14.8 Å². The summed E-state index contributed by atoms with van der Waals surface area (Å²) in [6.07, 6.45) is 5.72. The Bertz CT molecular complexity index is 406. The maximum Gasteiger partial charge on any atom is 0.220 e. The molecule has 6 nitrogen and oxygen atoms in total. The van der Waals surface area contributed by atoms with E-state index in [0.717, 1.165) is 32.4 Å². The minimum atomic E-state index is -3.13. The second-order valence-electron chi connectivity index (χ2n) is 5.69. The molecule has 7 heteroatoms. The molecule has 1 saturated heterocycles. The maximum absolute atomic E-state index is 11.7. The van der Waals surface area contributed by atoms with Crippen molar-refractivity contribution in [1.82, 2.24) is 14.9 Å². The zero-order valence-corrected chi connectivity index (χ0v) is 14.0. The Hall–Kier alpha value is -0.660. The van der Waals surface area contributed by atoms with Gasteiger partial charge in [0, 0.05) is 26.1 Å². The highest BCUT2D eigenvalue weighted by Gasteiger charge is 2.15. The molecule has 0 aliphatic carbocycles. The van der Waals surface area contributed by atoms with Crippen LogP contribution in [0, 0.1) is 5.92 Å². The van der Waals surface area contributed by atoms with Crippen LogP contribution in [-0.4, -0.2) is 57.6 Å². The Kier molecular flexibility index (Phi) is 8.21. The van der Waals surface area contributed by atoms with Gasteiger partial charge in [-0.05, 0) is 44.7 Å². The molecule has 1 heterocycles. The fourth-order valence-electron chi connectivity index (χ4n) is 2.64. The standard InChI is InChI=1S/C14H29N3O3S/c1-3-17(21(2,19)20)12-4-9-16-14(18)6-5-13-7-10-15-11-8-13/h13,15H,3-12H2,1-2H3,(H,16,18). The second-order valence-corrected chi connectivity index (χ2v) is 7.67. The van der Waals surface area contributed by atoms with Crippen molar-refractivity contribution in [2.24, 2.45) is 5.92 Å². The highest BCUT2D eigenvalue weighted by molar-refractivity contribution is 7.88. The summed E-state index contributed by atoms with van der Waals surface area (Å²) >= 11 is 0. The first kappa shape index (κ1) is 18.4. The zero-order chi connectivity index (χ0) is 15.7. The van der Waals surface area contributed by atoms with E-state index >= 15 is 0 Å². The van der Waals surface area contributed by atoms with Gasteiger partial charge in [0.05, 0.1) is 6.26 Å². The zero-order valence-electron chi connectivity index (χ0n) is 13.2. The molecule has 0 atom stereocenters. The highest BCUT2D eigenvalue weighted by atomic mass is 32.2. The third kappa shape index (κ3) is 7.78. The molecule has 1 rings (SSSR count). The fourth-order valence-corrected chi connectivity index (χ4v) is 3.57. The summed E-state index contributed by atoms with van der Waals surface area (Å²) in [6, 6.07) is 0. The van der Waals surface area contributed by atoms with E-state index < -0.39 is 10.0 Å². The maximum atomic E-state index is 11.7. The molecule has 1 aliphatic heterocycles. The van der Waals surface area contributed by atoms with Gasteiger partial charge in [-0.15, -0.1) is 0 Å². The van der Waals surface area contributed by atoms with Gasteiger partial charge in [0.2, 0.25) is 15.9 Å². The molecule has 1 aliphatic rings. The van der Waals surface area contributed by atoms with Crippen LogP contribution >= 0.6 is 0 Å². The molecule has 0 aromatic rings. The van der Waals surface area contributed by atoms with Crippen LogP contribution in [0.25, 0.3) is 0 Å². The molecule has 0 aromatic heterocycles. The van der Waals surface area contributed by atoms with Crippen molar-refractivity contribution in [3.05, 3.63) is 0 Å². The summed E-state index contributed by atoms with van der Waals surface area (Å²) in [5.41, 5.74) is 0. The molecule has 0 unspecified atom stereocenters. The van der Waals surface area contributed by atoms with Gasteiger partial charge in [0.1, 0.15) is 0 Å². The molecule has 1 amide bonds. The van der Waals surface area contributed by atoms with Crippen molar-refractivity contribution in [3.63, 3.8) is 0 Å². The van der Waals surface area contributed by atoms with Gasteiger partial charge in [-0.2, -0.15) is 0 Å². The lowest BCUT2D eigenvalue weighted by atomic mass is 9.93. The van der Waals surface area contributed by atoms with Gasteiger partial charge < -0.3 is 10.6 Å². The molecule has 2 N–H and O–H groups in total. The minimum absolute atomic E-state index is 0.0796. The number of rotatable bonds is 9. The van der Waals surface area contributed by atoms with Gasteiger partial charge in [-0.3, -0.25) is 4.79 Å². The van der Waals surface area contributed by atoms with E-state index in [-0.39, 0.29) is 5.91 Å². The van der Waals surface area contributed by atoms with Crippen LogP contribution in [0.15, 0.2) is 0 Å². The Labute approximate surface area is 128 Å². The topological polar surface area (TPSA) is 78.5 Å². The third-order valence-corrected chi connectivity index (χ3v) is 5.35. The quantitative estimate of drug-likeness (QED) is 0.609. The number of nitrogens with one attached hydrogen (secondary N) is 2. The van der Waals surface area contributed by atoms with Crippen LogP contribution in [0.4, 0.5) is 0 Å². The normalized spacial score (nSPS) is 17.1. The lowest BCUT2D eigenvalue weighted by Crippen LogP contribution is -2.33. The van der Waals surface area contributed by atoms with Crippen molar-refractivity contribution < 1.29 is 13.2 Å². The van der Waals surface area contributed by atoms with E-state index in [1.165, 1.54) is 10.6 Å². The predicted octanol–water partition coefficient (Wildman–Crippen LogP) is 0.554. The minimum Gasteiger partial charge on any atom is -0.356 e. The number of carbonyl (C=O) groups is 1. The van der Waals surface area contributed by atoms with Crippen LogP contribution in [0.2, 0.25) is 0 Å². The van der Waals surface area contributed by atoms with Gasteiger partial charge in [-0.25, -0.2) is 12.7 Å². The fraction of sp³-hybridized carbons (Fsp3) is 0.929. The Balaban J connectivity index is 2.10. The summed E-state index contributed by atoms with van der Waals surface area (Å²) in [4.78, 5) is 11.7. The largest absolute Gasteiger partial charge is 0.356 e. The number of sulfonamides is 1. The molecular formula is C14H29N3O3S. The van der Waals surface area contributed by atoms with Gasteiger partial charge >= 0.3 is 0 Å². The van der Waals surface area contributed by atoms with Crippen molar-refractivity contribution in [3.8, 4) is 0 Å². The van der Waals surface area contributed by atoms with Crippen LogP contribution in [0.5, 0.6) is 0 Å². The number of nitrogens with zero attached hydrogens (tertiary/aromatic N) is 1. The van der Waals surface area contributed by atoms with Crippen molar-refractivity contribution >= 4 is 15.9 Å². The van der Waals surface area contributed by atoms with Crippen LogP contribution < -0.4 is 10.6 Å². The summed E-state index contributed by atoms with van der Waals surface area (Å²) in [6.45, 7) is 5.41. The highest BCUT2D eigenvalue weighted by Crippen LogP contribution is 2.17. The lowest BCUT2D eigenvalue weighted by molar-refractivity contribution is -0.121. The lowest BCUT2D eigenvalue weighted by Gasteiger charge is -2.22. The summed E-state index contributed by atoms with van der Waals surface area (Å²) in [7, 11) is -3.13. The van der Waals surface area contributed by atoms with E-state index in [4.69, 9.17) is 0 Å². The van der Waals surface area contributed by atoms with Crippen molar-refractivity contribution in [2.45, 2.75) is 39.0 Å². The summed E-state index contributed by atoms with van der Waals surface area (Å²) in [5, 5.41) is 6.20. The summed E-state index contributed by atoms with van der Waals surface area (Å²) in [5.74, 6) is 0.744. The molecule has 0 radical (unpaired) electrons. The van der Waals surface area contributed by atoms with Crippen LogP contribution in [0.3, 0.4) is 0 Å².